The molecule has 0 spiro atoms. The third kappa shape index (κ3) is 3.99. The summed E-state index contributed by atoms with van der Waals surface area (Å²) in [7, 11) is 1.62. The summed E-state index contributed by atoms with van der Waals surface area (Å²) in [6.45, 7) is 1.93. The van der Waals surface area contributed by atoms with E-state index >= 15 is 0 Å². The van der Waals surface area contributed by atoms with Crippen LogP contribution in [-0.2, 0) is 17.8 Å². The Bertz CT molecular complexity index is 721. The highest BCUT2D eigenvalue weighted by Crippen LogP contribution is 2.17. The van der Waals surface area contributed by atoms with Crippen LogP contribution < -0.4 is 15.4 Å². The number of benzene rings is 2. The molecule has 2 aromatic rings. The predicted octanol–water partition coefficient (Wildman–Crippen LogP) is 2.99. The number of hydrogen-bond donors (Lipinski definition) is 2. The van der Waals surface area contributed by atoms with E-state index < -0.39 is 0 Å². The number of methoxy groups -OCH3 is 1. The lowest BCUT2D eigenvalue weighted by Crippen LogP contribution is -2.23. The van der Waals surface area contributed by atoms with E-state index in [2.05, 4.69) is 28.8 Å². The second kappa shape index (κ2) is 7.11. The quantitative estimate of drug-likeness (QED) is 0.854. The van der Waals surface area contributed by atoms with E-state index in [9.17, 15) is 4.79 Å². The minimum absolute atomic E-state index is 0.147. The topological polar surface area (TPSA) is 50.4 Å². The van der Waals surface area contributed by atoms with Gasteiger partial charge >= 0.3 is 0 Å². The molecule has 118 valence electrons. The van der Waals surface area contributed by atoms with Crippen molar-refractivity contribution in [1.82, 2.24) is 5.32 Å². The second-order valence-electron chi connectivity index (χ2n) is 5.51. The van der Waals surface area contributed by atoms with Crippen molar-refractivity contribution in [2.45, 2.75) is 13.0 Å². The fraction of sp³-hybridized carbons (Fsp3) is 0.211. The highest BCUT2D eigenvalue weighted by Gasteiger charge is 2.08. The zero-order chi connectivity index (χ0) is 16.1. The SMILES string of the molecule is COc1ccc(NC(=O)/C=C/c2ccc3c(c2)CNCC3)cc1. The molecule has 1 amide bonds. The summed E-state index contributed by atoms with van der Waals surface area (Å²) in [4.78, 5) is 12.0. The average Bonchev–Trinajstić information content (AvgIpc) is 2.60. The number of nitrogens with one attached hydrogen (secondary N) is 2. The summed E-state index contributed by atoms with van der Waals surface area (Å²) >= 11 is 0. The molecular formula is C19H20N2O2. The molecule has 1 heterocycles. The van der Waals surface area contributed by atoms with Crippen molar-refractivity contribution in [1.29, 1.82) is 0 Å². The standard InChI is InChI=1S/C19H20N2O2/c1-23-18-7-5-17(6-8-18)21-19(22)9-3-14-2-4-15-10-11-20-13-16(15)12-14/h2-9,12,20H,10-11,13H2,1H3,(H,21,22)/b9-3+. The number of fused-ring (bicyclic) bond motifs is 1. The van der Waals surface area contributed by atoms with Gasteiger partial charge in [0.25, 0.3) is 0 Å². The molecule has 0 radical (unpaired) electrons. The van der Waals surface area contributed by atoms with Crippen molar-refractivity contribution in [2.24, 2.45) is 0 Å². The number of carbonyl (C=O) groups is 1. The molecule has 2 N–H and O–H groups in total. The van der Waals surface area contributed by atoms with Gasteiger partial charge < -0.3 is 15.4 Å². The Morgan fingerprint density at radius 3 is 2.78 bits per heavy atom. The minimum atomic E-state index is -0.147. The fourth-order valence-corrected chi connectivity index (χ4v) is 2.63. The van der Waals surface area contributed by atoms with Crippen LogP contribution in [0.2, 0.25) is 0 Å². The van der Waals surface area contributed by atoms with Crippen molar-refractivity contribution < 1.29 is 9.53 Å². The molecule has 4 nitrogen and oxygen atoms in total. The Labute approximate surface area is 136 Å². The first-order valence-corrected chi connectivity index (χ1v) is 7.70. The maximum Gasteiger partial charge on any atom is 0.248 e. The van der Waals surface area contributed by atoms with Crippen LogP contribution in [0.15, 0.2) is 48.5 Å². The van der Waals surface area contributed by atoms with Gasteiger partial charge in [0.05, 0.1) is 7.11 Å². The van der Waals surface area contributed by atoms with E-state index in [1.54, 1.807) is 13.2 Å². The molecule has 1 aliphatic rings. The molecule has 0 aliphatic carbocycles. The summed E-state index contributed by atoms with van der Waals surface area (Å²) in [6.07, 6.45) is 4.47. The van der Waals surface area contributed by atoms with Gasteiger partial charge in [0.1, 0.15) is 5.75 Å². The molecule has 0 unspecified atom stereocenters. The summed E-state index contributed by atoms with van der Waals surface area (Å²) in [5, 5.41) is 6.19. The summed E-state index contributed by atoms with van der Waals surface area (Å²) in [5.74, 6) is 0.618. The van der Waals surface area contributed by atoms with E-state index in [-0.39, 0.29) is 5.91 Å². The molecule has 3 rings (SSSR count). The third-order valence-corrected chi connectivity index (χ3v) is 3.90. The van der Waals surface area contributed by atoms with Gasteiger partial charge in [-0.25, -0.2) is 0 Å². The number of anilines is 1. The Morgan fingerprint density at radius 1 is 1.17 bits per heavy atom. The highest BCUT2D eigenvalue weighted by atomic mass is 16.5. The van der Waals surface area contributed by atoms with Gasteiger partial charge in [0.15, 0.2) is 0 Å². The van der Waals surface area contributed by atoms with Gasteiger partial charge in [-0.3, -0.25) is 4.79 Å². The maximum atomic E-state index is 12.0. The van der Waals surface area contributed by atoms with Crippen LogP contribution in [0, 0.1) is 0 Å². The Kier molecular flexibility index (Phi) is 4.74. The molecule has 0 saturated carbocycles. The molecule has 2 aromatic carbocycles. The van der Waals surface area contributed by atoms with E-state index in [1.165, 1.54) is 11.1 Å². The summed E-state index contributed by atoms with van der Waals surface area (Å²) < 4.78 is 5.09. The second-order valence-corrected chi connectivity index (χ2v) is 5.51. The van der Waals surface area contributed by atoms with Gasteiger partial charge in [-0.15, -0.1) is 0 Å². The minimum Gasteiger partial charge on any atom is -0.497 e. The zero-order valence-corrected chi connectivity index (χ0v) is 13.1. The molecule has 4 heteroatoms. The predicted molar refractivity (Wildman–Crippen MR) is 92.5 cm³/mol. The molecule has 0 atom stereocenters. The van der Waals surface area contributed by atoms with Gasteiger partial charge in [-0.05, 0) is 60.0 Å². The van der Waals surface area contributed by atoms with Crippen LogP contribution in [0.4, 0.5) is 5.69 Å². The van der Waals surface area contributed by atoms with Crippen molar-refractivity contribution in [3.05, 3.63) is 65.2 Å². The average molecular weight is 308 g/mol. The van der Waals surface area contributed by atoms with Gasteiger partial charge in [0, 0.05) is 18.3 Å². The van der Waals surface area contributed by atoms with Gasteiger partial charge in [0.2, 0.25) is 5.91 Å². The Hall–Kier alpha value is -2.59. The van der Waals surface area contributed by atoms with Crippen LogP contribution in [0.25, 0.3) is 6.08 Å². The first-order valence-electron chi connectivity index (χ1n) is 7.70. The first kappa shape index (κ1) is 15.3. The fourth-order valence-electron chi connectivity index (χ4n) is 2.63. The number of rotatable bonds is 4. The number of ether oxygens (including phenoxy) is 1. The van der Waals surface area contributed by atoms with Crippen LogP contribution in [-0.4, -0.2) is 19.6 Å². The lowest BCUT2D eigenvalue weighted by molar-refractivity contribution is -0.111. The number of amides is 1. The van der Waals surface area contributed by atoms with Crippen LogP contribution in [0.5, 0.6) is 5.75 Å². The molecular weight excluding hydrogens is 288 g/mol. The van der Waals surface area contributed by atoms with E-state index in [0.29, 0.717) is 0 Å². The van der Waals surface area contributed by atoms with Crippen LogP contribution >= 0.6 is 0 Å². The summed E-state index contributed by atoms with van der Waals surface area (Å²) in [5.41, 5.74) is 4.49. The monoisotopic (exact) mass is 308 g/mol. The lowest BCUT2D eigenvalue weighted by Gasteiger charge is -2.17. The normalized spacial score (nSPS) is 13.6. The molecule has 23 heavy (non-hydrogen) atoms. The largest absolute Gasteiger partial charge is 0.497 e. The molecule has 0 fully saturated rings. The maximum absolute atomic E-state index is 12.0. The smallest absolute Gasteiger partial charge is 0.248 e. The van der Waals surface area contributed by atoms with Crippen molar-refractivity contribution in [3.8, 4) is 5.75 Å². The molecule has 1 aliphatic heterocycles. The van der Waals surface area contributed by atoms with E-state index in [4.69, 9.17) is 4.74 Å². The van der Waals surface area contributed by atoms with Gasteiger partial charge in [-0.2, -0.15) is 0 Å². The Morgan fingerprint density at radius 2 is 2.00 bits per heavy atom. The van der Waals surface area contributed by atoms with E-state index in [1.807, 2.05) is 30.3 Å². The third-order valence-electron chi connectivity index (χ3n) is 3.90. The van der Waals surface area contributed by atoms with Gasteiger partial charge in [-0.1, -0.05) is 18.2 Å². The molecule has 0 saturated heterocycles. The highest BCUT2D eigenvalue weighted by molar-refractivity contribution is 6.01. The number of hydrogen-bond acceptors (Lipinski definition) is 3. The van der Waals surface area contributed by atoms with Crippen molar-refractivity contribution >= 4 is 17.7 Å². The molecule has 0 aromatic heterocycles. The summed E-state index contributed by atoms with van der Waals surface area (Å²) in [6, 6.07) is 13.6. The molecule has 0 bridgehead atoms. The number of carbonyl (C=O) groups excluding carboxylic acids is 1. The van der Waals surface area contributed by atoms with Crippen LogP contribution in [0.3, 0.4) is 0 Å². The van der Waals surface area contributed by atoms with Crippen molar-refractivity contribution in [2.75, 3.05) is 19.0 Å². The zero-order valence-electron chi connectivity index (χ0n) is 13.1. The Balaban J connectivity index is 1.63. The van der Waals surface area contributed by atoms with Crippen molar-refractivity contribution in [3.63, 3.8) is 0 Å². The van der Waals surface area contributed by atoms with E-state index in [0.717, 1.165) is 36.5 Å². The van der Waals surface area contributed by atoms with Crippen LogP contribution in [0.1, 0.15) is 16.7 Å². The lowest BCUT2D eigenvalue weighted by atomic mass is 9.98. The first-order chi connectivity index (χ1) is 11.2.